The smallest absolute Gasteiger partial charge is 0.288 e. The van der Waals surface area contributed by atoms with E-state index in [1.165, 1.54) is 6.92 Å². The summed E-state index contributed by atoms with van der Waals surface area (Å²) in [6, 6.07) is 15.2. The number of carbonyl (C=O) groups is 2. The molecule has 242 valence electrons. The van der Waals surface area contributed by atoms with Crippen LogP contribution >= 0.6 is 0 Å². The van der Waals surface area contributed by atoms with Gasteiger partial charge in [-0.25, -0.2) is 0 Å². The number of hydrogen-bond acceptors (Lipinski definition) is 9. The van der Waals surface area contributed by atoms with Gasteiger partial charge in [-0.1, -0.05) is 42.5 Å². The van der Waals surface area contributed by atoms with Crippen LogP contribution in [0.25, 0.3) is 10.9 Å². The summed E-state index contributed by atoms with van der Waals surface area (Å²) < 4.78 is 36.6. The van der Waals surface area contributed by atoms with Gasteiger partial charge in [0.25, 0.3) is 5.91 Å². The summed E-state index contributed by atoms with van der Waals surface area (Å²) in [5, 5.41) is 10.3. The lowest BCUT2D eigenvalue weighted by Crippen LogP contribution is -2.40. The van der Waals surface area contributed by atoms with Crippen molar-refractivity contribution in [1.82, 2.24) is 9.47 Å². The van der Waals surface area contributed by atoms with Gasteiger partial charge in [0.05, 0.1) is 71.6 Å². The van der Waals surface area contributed by atoms with Crippen LogP contribution in [0.3, 0.4) is 0 Å². The predicted octanol–water partition coefficient (Wildman–Crippen LogP) is 3.63. The Balaban J connectivity index is 1.39. The summed E-state index contributed by atoms with van der Waals surface area (Å²) in [4.78, 5) is 28.2. The van der Waals surface area contributed by atoms with Crippen molar-refractivity contribution in [3.8, 4) is 0 Å². The lowest BCUT2D eigenvalue weighted by Gasteiger charge is -2.31. The van der Waals surface area contributed by atoms with E-state index in [9.17, 15) is 14.7 Å². The van der Waals surface area contributed by atoms with Gasteiger partial charge >= 0.3 is 0 Å². The van der Waals surface area contributed by atoms with Gasteiger partial charge in [0, 0.05) is 43.9 Å². The molecular weight excluding hydrogens is 580 g/mol. The third-order valence-electron chi connectivity index (χ3n) is 7.81. The maximum atomic E-state index is 14.0. The molecule has 0 aliphatic carbocycles. The zero-order valence-corrected chi connectivity index (χ0v) is 25.7. The lowest BCUT2D eigenvalue weighted by atomic mass is 9.92. The third-order valence-corrected chi connectivity index (χ3v) is 7.81. The van der Waals surface area contributed by atoms with E-state index in [2.05, 4.69) is 0 Å². The second-order valence-corrected chi connectivity index (χ2v) is 10.9. The molecule has 45 heavy (non-hydrogen) atoms. The van der Waals surface area contributed by atoms with E-state index >= 15 is 0 Å². The van der Waals surface area contributed by atoms with Crippen molar-refractivity contribution < 1.29 is 43.1 Å². The van der Waals surface area contributed by atoms with E-state index in [1.54, 1.807) is 9.47 Å². The van der Waals surface area contributed by atoms with Crippen LogP contribution in [0.5, 0.6) is 0 Å². The van der Waals surface area contributed by atoms with Crippen LogP contribution in [0, 0.1) is 0 Å². The molecule has 1 saturated heterocycles. The second kappa shape index (κ2) is 16.6. The number of aromatic nitrogens is 1. The summed E-state index contributed by atoms with van der Waals surface area (Å²) in [6.45, 7) is 5.80. The number of para-hydroxylation sites is 1. The van der Waals surface area contributed by atoms with E-state index in [-0.39, 0.29) is 36.7 Å². The van der Waals surface area contributed by atoms with Crippen LogP contribution < -0.4 is 0 Å². The number of nitrogens with zero attached hydrogens (tertiary/aromatic N) is 2. The van der Waals surface area contributed by atoms with E-state index in [0.717, 1.165) is 27.6 Å². The minimum Gasteiger partial charge on any atom is -0.459 e. The summed E-state index contributed by atoms with van der Waals surface area (Å²) in [5.41, 5.74) is 3.45. The van der Waals surface area contributed by atoms with Crippen molar-refractivity contribution >= 4 is 22.7 Å². The third kappa shape index (κ3) is 9.00. The molecule has 0 unspecified atom stereocenters. The fraction of sp³-hybridized carbons (Fsp3) is 0.471. The van der Waals surface area contributed by atoms with Crippen molar-refractivity contribution in [3.63, 3.8) is 0 Å². The molecule has 2 aromatic carbocycles. The van der Waals surface area contributed by atoms with Crippen LogP contribution in [0.2, 0.25) is 0 Å². The molecule has 0 bridgehead atoms. The van der Waals surface area contributed by atoms with Crippen molar-refractivity contribution in [1.29, 1.82) is 0 Å². The van der Waals surface area contributed by atoms with Crippen LogP contribution in [0.4, 0.5) is 0 Å². The largest absolute Gasteiger partial charge is 0.459 e. The second-order valence-electron chi connectivity index (χ2n) is 10.9. The Morgan fingerprint density at radius 2 is 1.44 bits per heavy atom. The van der Waals surface area contributed by atoms with E-state index in [1.807, 2.05) is 60.8 Å². The van der Waals surface area contributed by atoms with Gasteiger partial charge < -0.3 is 38.4 Å². The highest BCUT2D eigenvalue weighted by molar-refractivity contribution is 5.95. The first-order valence-electron chi connectivity index (χ1n) is 15.4. The zero-order valence-electron chi connectivity index (χ0n) is 25.7. The molecule has 5 rings (SSSR count). The van der Waals surface area contributed by atoms with Gasteiger partial charge in [-0.05, 0) is 28.8 Å². The number of aliphatic hydroxyl groups excluding tert-OH is 1. The normalized spacial score (nSPS) is 20.9. The van der Waals surface area contributed by atoms with Crippen molar-refractivity contribution in [2.45, 2.75) is 38.8 Å². The fourth-order valence-electron chi connectivity index (χ4n) is 5.40. The highest BCUT2D eigenvalue weighted by Crippen LogP contribution is 2.37. The molecule has 0 radical (unpaired) electrons. The van der Waals surface area contributed by atoms with Crippen LogP contribution in [0.15, 0.2) is 66.6 Å². The Bertz CT molecular complexity index is 1420. The molecule has 3 heterocycles. The minimum absolute atomic E-state index is 0.0349. The van der Waals surface area contributed by atoms with E-state index in [0.29, 0.717) is 72.4 Å². The van der Waals surface area contributed by atoms with Gasteiger partial charge in [0.1, 0.15) is 0 Å². The quantitative estimate of drug-likeness (QED) is 0.440. The number of carbonyl (C=O) groups excluding carboxylic acids is 2. The Kier molecular flexibility index (Phi) is 12.1. The maximum absolute atomic E-state index is 14.0. The fourth-order valence-corrected chi connectivity index (χ4v) is 5.40. The molecular formula is C34H42N2O9. The Morgan fingerprint density at radius 1 is 0.844 bits per heavy atom. The minimum atomic E-state index is -0.721. The van der Waals surface area contributed by atoms with Crippen LogP contribution in [-0.2, 0) is 46.4 Å². The molecule has 1 N–H and O–H groups in total. The van der Waals surface area contributed by atoms with Gasteiger partial charge in [0.15, 0.2) is 5.76 Å². The highest BCUT2D eigenvalue weighted by atomic mass is 16.7. The molecule has 11 heteroatoms. The van der Waals surface area contributed by atoms with Gasteiger partial charge in [-0.3, -0.25) is 14.2 Å². The molecule has 1 fully saturated rings. The van der Waals surface area contributed by atoms with E-state index < -0.39 is 6.29 Å². The average molecular weight is 623 g/mol. The zero-order chi connectivity index (χ0) is 31.4. The van der Waals surface area contributed by atoms with Gasteiger partial charge in [-0.15, -0.1) is 0 Å². The molecule has 0 spiro atoms. The molecule has 2 aliphatic rings. The van der Waals surface area contributed by atoms with Crippen LogP contribution in [0.1, 0.15) is 40.7 Å². The molecule has 1 aromatic heterocycles. The Morgan fingerprint density at radius 3 is 2.07 bits per heavy atom. The van der Waals surface area contributed by atoms with Crippen molar-refractivity contribution in [2.24, 2.45) is 0 Å². The lowest BCUT2D eigenvalue weighted by molar-refractivity contribution is -0.156. The number of aliphatic hydroxyl groups is 1. The van der Waals surface area contributed by atoms with Gasteiger partial charge in [0.2, 0.25) is 12.2 Å². The highest BCUT2D eigenvalue weighted by Gasteiger charge is 2.32. The molecule has 3 aromatic rings. The molecule has 1 amide bonds. The number of fused-ring (bicyclic) bond motifs is 1. The summed E-state index contributed by atoms with van der Waals surface area (Å²) in [7, 11) is 0. The first-order chi connectivity index (χ1) is 22.0. The van der Waals surface area contributed by atoms with Gasteiger partial charge in [-0.2, -0.15) is 0 Å². The number of hydrogen-bond donors (Lipinski definition) is 1. The number of ether oxygens (including phenoxy) is 6. The number of allylic oxidation sites excluding steroid dienone is 1. The summed E-state index contributed by atoms with van der Waals surface area (Å²) in [6.07, 6.45) is 3.41. The molecule has 2 atom stereocenters. The molecule has 2 aliphatic heterocycles. The summed E-state index contributed by atoms with van der Waals surface area (Å²) in [5.74, 6) is -0.465. The maximum Gasteiger partial charge on any atom is 0.288 e. The predicted molar refractivity (Wildman–Crippen MR) is 166 cm³/mol. The van der Waals surface area contributed by atoms with E-state index in [4.69, 9.17) is 28.4 Å². The topological polar surface area (TPSA) is 118 Å². The standard InChI is InChI=1S/C34H42N2O9/c1-25(38)36-22-30(29-4-2-3-5-31(29)36)28-20-32(45-33(21-28)44-24-27-8-6-26(23-37)7-9-27)34(39)35-10-12-40-14-16-42-18-19-43-17-15-41-13-11-35/h2-9,20,22,28,33,37H,10-19,21,23-24H2,1H3/t28-,33+/m1/s1. The SMILES string of the molecule is CC(=O)n1cc([C@@H]2C=C(C(=O)N3CCOCCOCCOCCOCC3)O[C@H](OCc3ccc(CO)cc3)C2)c2ccccc21. The van der Waals surface area contributed by atoms with Crippen LogP contribution in [-0.4, -0.2) is 98.6 Å². The number of amides is 1. The van der Waals surface area contributed by atoms with Crippen molar-refractivity contribution in [2.75, 3.05) is 65.9 Å². The van der Waals surface area contributed by atoms with Crippen molar-refractivity contribution in [3.05, 3.63) is 83.3 Å². The summed E-state index contributed by atoms with van der Waals surface area (Å²) >= 11 is 0. The Labute approximate surface area is 263 Å². The number of benzene rings is 2. The first-order valence-corrected chi connectivity index (χ1v) is 15.4. The average Bonchev–Trinajstić information content (AvgIpc) is 3.46. The number of rotatable bonds is 6. The molecule has 11 nitrogen and oxygen atoms in total. The molecule has 0 saturated carbocycles. The monoisotopic (exact) mass is 622 g/mol. The Hall–Kier alpha value is -3.58. The first kappa shape index (κ1) is 32.8.